The number of halogens is 2. The van der Waals surface area contributed by atoms with Gasteiger partial charge in [-0.3, -0.25) is 0 Å². The van der Waals surface area contributed by atoms with Crippen LogP contribution in [-0.2, 0) is 5.54 Å². The molecule has 0 saturated heterocycles. The van der Waals surface area contributed by atoms with Gasteiger partial charge in [-0.05, 0) is 43.5 Å². The SMILES string of the molecule is CCOc1cc(/C=C/c2nc(C3(N)CCCC3)no2)cc(Cl)c1OC.Cl. The summed E-state index contributed by atoms with van der Waals surface area (Å²) in [5.41, 5.74) is 6.74. The minimum absolute atomic E-state index is 0. The van der Waals surface area contributed by atoms with Gasteiger partial charge in [0.2, 0.25) is 0 Å². The van der Waals surface area contributed by atoms with Crippen LogP contribution in [-0.4, -0.2) is 23.9 Å². The summed E-state index contributed by atoms with van der Waals surface area (Å²) >= 11 is 6.25. The van der Waals surface area contributed by atoms with Gasteiger partial charge in [-0.2, -0.15) is 4.98 Å². The fraction of sp³-hybridized carbons (Fsp3) is 0.444. The van der Waals surface area contributed by atoms with E-state index in [9.17, 15) is 0 Å². The Labute approximate surface area is 164 Å². The van der Waals surface area contributed by atoms with Gasteiger partial charge in [0.05, 0.1) is 24.3 Å². The highest BCUT2D eigenvalue weighted by molar-refractivity contribution is 6.32. The first-order chi connectivity index (χ1) is 12.1. The molecule has 1 saturated carbocycles. The van der Waals surface area contributed by atoms with Crippen molar-refractivity contribution in [1.82, 2.24) is 10.1 Å². The first kappa shape index (κ1) is 20.6. The van der Waals surface area contributed by atoms with E-state index in [1.54, 1.807) is 19.3 Å². The van der Waals surface area contributed by atoms with E-state index >= 15 is 0 Å². The molecule has 1 aromatic heterocycles. The predicted octanol–water partition coefficient (Wildman–Crippen LogP) is 4.45. The van der Waals surface area contributed by atoms with Crippen molar-refractivity contribution < 1.29 is 14.0 Å². The van der Waals surface area contributed by atoms with Gasteiger partial charge in [0.15, 0.2) is 17.3 Å². The second kappa shape index (κ2) is 8.75. The number of benzene rings is 1. The summed E-state index contributed by atoms with van der Waals surface area (Å²) in [7, 11) is 1.56. The van der Waals surface area contributed by atoms with Crippen molar-refractivity contribution in [2.45, 2.75) is 38.1 Å². The number of ether oxygens (including phenoxy) is 2. The number of aromatic nitrogens is 2. The van der Waals surface area contributed by atoms with Crippen molar-refractivity contribution in [3.8, 4) is 11.5 Å². The van der Waals surface area contributed by atoms with Crippen molar-refractivity contribution in [2.24, 2.45) is 5.73 Å². The lowest BCUT2D eigenvalue weighted by atomic mass is 9.99. The Morgan fingerprint density at radius 3 is 2.69 bits per heavy atom. The van der Waals surface area contributed by atoms with Crippen molar-refractivity contribution in [2.75, 3.05) is 13.7 Å². The highest BCUT2D eigenvalue weighted by Gasteiger charge is 2.35. The van der Waals surface area contributed by atoms with Gasteiger partial charge >= 0.3 is 0 Å². The minimum Gasteiger partial charge on any atom is -0.491 e. The molecule has 0 radical (unpaired) electrons. The Morgan fingerprint density at radius 1 is 1.31 bits per heavy atom. The van der Waals surface area contributed by atoms with Gasteiger partial charge in [0.25, 0.3) is 5.89 Å². The van der Waals surface area contributed by atoms with E-state index in [4.69, 9.17) is 31.3 Å². The summed E-state index contributed by atoms with van der Waals surface area (Å²) in [5, 5.41) is 4.52. The third-order valence-electron chi connectivity index (χ3n) is 4.34. The number of hydrogen-bond acceptors (Lipinski definition) is 6. The van der Waals surface area contributed by atoms with E-state index in [0.717, 1.165) is 31.2 Å². The van der Waals surface area contributed by atoms with Crippen molar-refractivity contribution in [1.29, 1.82) is 0 Å². The molecular formula is C18H23Cl2N3O3. The normalized spacial score (nSPS) is 15.8. The summed E-state index contributed by atoms with van der Waals surface area (Å²) in [5.74, 6) is 2.10. The van der Waals surface area contributed by atoms with Crippen LogP contribution in [0.2, 0.25) is 5.02 Å². The van der Waals surface area contributed by atoms with E-state index in [-0.39, 0.29) is 12.4 Å². The van der Waals surface area contributed by atoms with Gasteiger partial charge in [0.1, 0.15) is 0 Å². The van der Waals surface area contributed by atoms with Crippen LogP contribution >= 0.6 is 24.0 Å². The lowest BCUT2D eigenvalue weighted by Gasteiger charge is -2.17. The zero-order chi connectivity index (χ0) is 17.9. The Morgan fingerprint density at radius 2 is 2.04 bits per heavy atom. The van der Waals surface area contributed by atoms with Gasteiger partial charge in [-0.1, -0.05) is 29.6 Å². The first-order valence-corrected chi connectivity index (χ1v) is 8.75. The molecule has 0 atom stereocenters. The molecule has 1 aromatic carbocycles. The maximum Gasteiger partial charge on any atom is 0.250 e. The van der Waals surface area contributed by atoms with E-state index < -0.39 is 5.54 Å². The van der Waals surface area contributed by atoms with Crippen LogP contribution in [0.1, 0.15) is 49.9 Å². The fourth-order valence-corrected chi connectivity index (χ4v) is 3.34. The summed E-state index contributed by atoms with van der Waals surface area (Å²) in [6, 6.07) is 3.64. The summed E-state index contributed by atoms with van der Waals surface area (Å²) < 4.78 is 16.2. The molecule has 0 amide bonds. The lowest BCUT2D eigenvalue weighted by Crippen LogP contribution is -2.34. The number of rotatable bonds is 6. The second-order valence-electron chi connectivity index (χ2n) is 6.12. The fourth-order valence-electron chi connectivity index (χ4n) is 3.05. The first-order valence-electron chi connectivity index (χ1n) is 8.37. The van der Waals surface area contributed by atoms with Crippen LogP contribution in [0.3, 0.4) is 0 Å². The monoisotopic (exact) mass is 399 g/mol. The molecule has 26 heavy (non-hydrogen) atoms. The second-order valence-corrected chi connectivity index (χ2v) is 6.53. The van der Waals surface area contributed by atoms with E-state index in [1.807, 2.05) is 19.1 Å². The molecule has 1 aliphatic rings. The molecule has 2 N–H and O–H groups in total. The maximum atomic E-state index is 6.35. The molecule has 1 heterocycles. The summed E-state index contributed by atoms with van der Waals surface area (Å²) in [4.78, 5) is 4.42. The third-order valence-corrected chi connectivity index (χ3v) is 4.62. The van der Waals surface area contributed by atoms with Crippen LogP contribution < -0.4 is 15.2 Å². The molecule has 0 unspecified atom stereocenters. The highest BCUT2D eigenvalue weighted by Crippen LogP contribution is 2.37. The average Bonchev–Trinajstić information content (AvgIpc) is 3.23. The van der Waals surface area contributed by atoms with E-state index in [0.29, 0.717) is 34.8 Å². The summed E-state index contributed by atoms with van der Waals surface area (Å²) in [6.45, 7) is 2.42. The lowest BCUT2D eigenvalue weighted by molar-refractivity contribution is 0.311. The molecule has 142 valence electrons. The smallest absolute Gasteiger partial charge is 0.250 e. The Kier molecular flexibility index (Phi) is 6.92. The van der Waals surface area contributed by atoms with Crippen molar-refractivity contribution >= 4 is 36.2 Å². The van der Waals surface area contributed by atoms with Crippen LogP contribution in [0.25, 0.3) is 12.2 Å². The number of nitrogens with two attached hydrogens (primary N) is 1. The third kappa shape index (κ3) is 4.31. The molecule has 0 spiro atoms. The van der Waals surface area contributed by atoms with Gasteiger partial charge in [-0.25, -0.2) is 0 Å². The van der Waals surface area contributed by atoms with Gasteiger partial charge in [0, 0.05) is 6.08 Å². The molecule has 0 bridgehead atoms. The standard InChI is InChI=1S/C18H22ClN3O3.ClH/c1-3-24-14-11-12(10-13(19)16(14)23-2)6-7-15-21-17(22-25-15)18(20)8-4-5-9-18;/h6-7,10-11H,3-5,8-9,20H2,1-2H3;1H/b7-6+;. The topological polar surface area (TPSA) is 83.4 Å². The number of hydrogen-bond donors (Lipinski definition) is 1. The zero-order valence-electron chi connectivity index (χ0n) is 14.8. The molecule has 2 aromatic rings. The molecule has 1 aliphatic carbocycles. The molecule has 6 nitrogen and oxygen atoms in total. The van der Waals surface area contributed by atoms with E-state index in [2.05, 4.69) is 10.1 Å². The van der Waals surface area contributed by atoms with E-state index in [1.165, 1.54) is 0 Å². The Hall–Kier alpha value is -1.76. The van der Waals surface area contributed by atoms with Crippen molar-refractivity contribution in [3.63, 3.8) is 0 Å². The van der Waals surface area contributed by atoms with Crippen LogP contribution in [0, 0.1) is 0 Å². The molecule has 3 rings (SSSR count). The van der Waals surface area contributed by atoms with Crippen molar-refractivity contribution in [3.05, 3.63) is 34.4 Å². The Balaban J connectivity index is 0.00000243. The van der Waals surface area contributed by atoms with Crippen LogP contribution in [0.15, 0.2) is 16.7 Å². The average molecular weight is 400 g/mol. The largest absolute Gasteiger partial charge is 0.491 e. The molecular weight excluding hydrogens is 377 g/mol. The number of nitrogens with zero attached hydrogens (tertiary/aromatic N) is 2. The predicted molar refractivity (Wildman–Crippen MR) is 104 cm³/mol. The summed E-state index contributed by atoms with van der Waals surface area (Å²) in [6.07, 6.45) is 7.55. The molecule has 8 heteroatoms. The van der Waals surface area contributed by atoms with Gasteiger partial charge < -0.3 is 19.7 Å². The number of methoxy groups -OCH3 is 1. The van der Waals surface area contributed by atoms with Gasteiger partial charge in [-0.15, -0.1) is 12.4 Å². The quantitative estimate of drug-likeness (QED) is 0.771. The Bertz CT molecular complexity index is 771. The van der Waals surface area contributed by atoms with Crippen LogP contribution in [0.5, 0.6) is 11.5 Å². The maximum absolute atomic E-state index is 6.35. The highest BCUT2D eigenvalue weighted by atomic mass is 35.5. The molecule has 0 aliphatic heterocycles. The van der Waals surface area contributed by atoms with Crippen LogP contribution in [0.4, 0.5) is 0 Å². The zero-order valence-corrected chi connectivity index (χ0v) is 16.4. The molecule has 1 fully saturated rings. The minimum atomic E-state index is -0.457.